The third-order valence-electron chi connectivity index (χ3n) is 6.55. The van der Waals surface area contributed by atoms with Gasteiger partial charge in [-0.15, -0.1) is 0 Å². The second kappa shape index (κ2) is 14.5. The van der Waals surface area contributed by atoms with Crippen molar-refractivity contribution in [2.45, 2.75) is 17.9 Å². The van der Waals surface area contributed by atoms with Crippen LogP contribution in [-0.2, 0) is 16.6 Å². The van der Waals surface area contributed by atoms with Gasteiger partial charge in [0, 0.05) is 60.8 Å². The van der Waals surface area contributed by atoms with Crippen LogP contribution in [0.15, 0.2) is 71.9 Å². The van der Waals surface area contributed by atoms with Crippen LogP contribution in [0, 0.1) is 21.4 Å². The van der Waals surface area contributed by atoms with Crippen LogP contribution in [0.1, 0.15) is 22.3 Å². The first-order valence-corrected chi connectivity index (χ1v) is 15.3. The van der Waals surface area contributed by atoms with Crippen LogP contribution in [-0.4, -0.2) is 55.5 Å². The summed E-state index contributed by atoms with van der Waals surface area (Å²) in [5.74, 6) is 0.236. The van der Waals surface area contributed by atoms with E-state index in [1.807, 2.05) is 10.6 Å². The van der Waals surface area contributed by atoms with Crippen LogP contribution < -0.4 is 25.8 Å². The largest absolute Gasteiger partial charge is 0.496 e. The van der Waals surface area contributed by atoms with Gasteiger partial charge in [0.15, 0.2) is 0 Å². The predicted molar refractivity (Wildman–Crippen MR) is 169 cm³/mol. The van der Waals surface area contributed by atoms with Crippen LogP contribution in [0.3, 0.4) is 0 Å². The molecule has 14 nitrogen and oxygen atoms in total. The van der Waals surface area contributed by atoms with Crippen molar-refractivity contribution in [3.63, 3.8) is 0 Å². The summed E-state index contributed by atoms with van der Waals surface area (Å²) in [5.41, 5.74) is 7.14. The molecule has 0 spiro atoms. The molecule has 5 N–H and O–H groups in total. The van der Waals surface area contributed by atoms with Gasteiger partial charge in [-0.1, -0.05) is 17.7 Å². The number of benzene rings is 2. The van der Waals surface area contributed by atoms with E-state index in [0.29, 0.717) is 52.8 Å². The van der Waals surface area contributed by atoms with Crippen molar-refractivity contribution in [1.82, 2.24) is 19.6 Å². The highest BCUT2D eigenvalue weighted by Gasteiger charge is 2.20. The Kier molecular flexibility index (Phi) is 10.6. The van der Waals surface area contributed by atoms with E-state index in [1.165, 1.54) is 43.5 Å². The molecule has 0 saturated heterocycles. The van der Waals surface area contributed by atoms with Gasteiger partial charge in [0.1, 0.15) is 11.6 Å². The SMILES string of the molecule is COc1cc(Cl)ccc1-c1cn(CCCNc2ccc([N+](=O)[O-])c(N)n2)cc1C(=O)NCCNS(=O)(=O)c1cccc(C#N)c1. The molecule has 0 radical (unpaired) electrons. The maximum Gasteiger partial charge on any atom is 0.311 e. The maximum absolute atomic E-state index is 13.3. The fourth-order valence-corrected chi connectivity index (χ4v) is 5.63. The number of sulfonamides is 1. The molecule has 4 aromatic rings. The van der Waals surface area contributed by atoms with Crippen LogP contribution in [0.5, 0.6) is 5.75 Å². The number of aryl methyl sites for hydroxylation is 1. The fourth-order valence-electron chi connectivity index (χ4n) is 4.39. The summed E-state index contributed by atoms with van der Waals surface area (Å²) in [4.78, 5) is 27.6. The van der Waals surface area contributed by atoms with Crippen molar-refractivity contribution < 1.29 is 22.9 Å². The highest BCUT2D eigenvalue weighted by Crippen LogP contribution is 2.35. The number of nitriles is 1. The first-order chi connectivity index (χ1) is 21.5. The Morgan fingerprint density at radius 1 is 1.13 bits per heavy atom. The Bertz CT molecular complexity index is 1870. The van der Waals surface area contributed by atoms with E-state index in [-0.39, 0.29) is 35.1 Å². The van der Waals surface area contributed by atoms with Gasteiger partial charge in [0.25, 0.3) is 5.91 Å². The second-order valence-electron chi connectivity index (χ2n) is 9.60. The lowest BCUT2D eigenvalue weighted by atomic mass is 10.0. The molecular formula is C29H29ClN8O6S. The lowest BCUT2D eigenvalue weighted by Crippen LogP contribution is -2.34. The van der Waals surface area contributed by atoms with Crippen molar-refractivity contribution in [1.29, 1.82) is 5.26 Å². The van der Waals surface area contributed by atoms with Gasteiger partial charge in [0.05, 0.1) is 34.1 Å². The number of anilines is 2. The van der Waals surface area contributed by atoms with E-state index in [1.54, 1.807) is 30.6 Å². The summed E-state index contributed by atoms with van der Waals surface area (Å²) in [6.45, 7) is 0.861. The zero-order valence-electron chi connectivity index (χ0n) is 24.0. The molecule has 0 atom stereocenters. The van der Waals surface area contributed by atoms with Gasteiger partial charge in [0.2, 0.25) is 15.8 Å². The van der Waals surface area contributed by atoms with E-state index in [0.717, 1.165) is 0 Å². The summed E-state index contributed by atoms with van der Waals surface area (Å²) in [7, 11) is -2.39. The van der Waals surface area contributed by atoms with Crippen molar-refractivity contribution in [2.75, 3.05) is 37.8 Å². The molecular weight excluding hydrogens is 624 g/mol. The Hall–Kier alpha value is -5.17. The summed E-state index contributed by atoms with van der Waals surface area (Å²) >= 11 is 6.15. The number of nitrogens with one attached hydrogen (secondary N) is 3. The average Bonchev–Trinajstić information content (AvgIpc) is 3.45. The average molecular weight is 653 g/mol. The third kappa shape index (κ3) is 8.26. The number of nitro groups is 1. The van der Waals surface area contributed by atoms with Crippen LogP contribution in [0.25, 0.3) is 11.1 Å². The van der Waals surface area contributed by atoms with Gasteiger partial charge in [-0.2, -0.15) is 5.26 Å². The Morgan fingerprint density at radius 2 is 1.93 bits per heavy atom. The topological polar surface area (TPSA) is 207 Å². The fraction of sp³-hybridized carbons (Fsp3) is 0.207. The molecule has 45 heavy (non-hydrogen) atoms. The Labute approximate surface area is 264 Å². The molecule has 16 heteroatoms. The normalized spacial score (nSPS) is 11.0. The molecule has 234 valence electrons. The summed E-state index contributed by atoms with van der Waals surface area (Å²) in [6, 6.07) is 15.3. The third-order valence-corrected chi connectivity index (χ3v) is 8.25. The number of methoxy groups -OCH3 is 1. The number of aromatic nitrogens is 2. The van der Waals surface area contributed by atoms with Gasteiger partial charge in [-0.3, -0.25) is 14.9 Å². The lowest BCUT2D eigenvalue weighted by molar-refractivity contribution is -0.384. The van der Waals surface area contributed by atoms with Crippen LogP contribution in [0.4, 0.5) is 17.3 Å². The molecule has 0 bridgehead atoms. The van der Waals surface area contributed by atoms with E-state index in [9.17, 15) is 23.3 Å². The predicted octanol–water partition coefficient (Wildman–Crippen LogP) is 3.78. The van der Waals surface area contributed by atoms with Crippen molar-refractivity contribution in [2.24, 2.45) is 0 Å². The van der Waals surface area contributed by atoms with Crippen LogP contribution >= 0.6 is 11.6 Å². The highest BCUT2D eigenvalue weighted by molar-refractivity contribution is 7.89. The molecule has 0 aliphatic carbocycles. The molecule has 2 heterocycles. The summed E-state index contributed by atoms with van der Waals surface area (Å²) in [6.07, 6.45) is 4.08. The second-order valence-corrected chi connectivity index (χ2v) is 11.8. The molecule has 4 rings (SSSR count). The van der Waals surface area contributed by atoms with Crippen molar-refractivity contribution in [3.8, 4) is 22.9 Å². The number of hydrogen-bond donors (Lipinski definition) is 4. The van der Waals surface area contributed by atoms with Gasteiger partial charge in [-0.05, 0) is 48.9 Å². The summed E-state index contributed by atoms with van der Waals surface area (Å²) in [5, 5.41) is 26.3. The molecule has 2 aromatic carbocycles. The number of nitrogen functional groups attached to an aromatic ring is 1. The number of carbonyl (C=O) groups is 1. The number of hydrogen-bond acceptors (Lipinski definition) is 10. The van der Waals surface area contributed by atoms with E-state index >= 15 is 0 Å². The standard InChI is InChI=1S/C29H29ClN8O6S/c1-44-26-15-20(30)6-7-22(26)23-17-37(13-3-10-33-27-9-8-25(38(40)41)28(32)36-27)18-24(23)29(39)34-11-12-35-45(42,43)21-5-2-4-19(14-21)16-31/h2,4-9,14-15,17-18,35H,3,10-13H2,1H3,(H,34,39)(H3,32,33,36). The molecule has 0 aliphatic rings. The number of halogens is 1. The quantitative estimate of drug-likeness (QED) is 0.0880. The number of pyridine rings is 1. The number of carbonyl (C=O) groups excluding carboxylic acids is 1. The highest BCUT2D eigenvalue weighted by atomic mass is 35.5. The minimum absolute atomic E-state index is 0.00628. The van der Waals surface area contributed by atoms with Crippen molar-refractivity contribution in [3.05, 3.63) is 93.3 Å². The monoisotopic (exact) mass is 652 g/mol. The first kappa shape index (κ1) is 32.7. The van der Waals surface area contributed by atoms with Gasteiger partial charge in [-0.25, -0.2) is 18.1 Å². The van der Waals surface area contributed by atoms with E-state index in [4.69, 9.17) is 27.3 Å². The first-order valence-electron chi connectivity index (χ1n) is 13.5. The van der Waals surface area contributed by atoms with Crippen LogP contribution in [0.2, 0.25) is 5.02 Å². The number of amides is 1. The molecule has 0 unspecified atom stereocenters. The number of rotatable bonds is 14. The zero-order valence-corrected chi connectivity index (χ0v) is 25.6. The molecule has 0 aliphatic heterocycles. The van der Waals surface area contributed by atoms with Gasteiger partial charge < -0.3 is 25.7 Å². The molecule has 0 fully saturated rings. The summed E-state index contributed by atoms with van der Waals surface area (Å²) < 4.78 is 35.0. The lowest BCUT2D eigenvalue weighted by Gasteiger charge is -2.11. The van der Waals surface area contributed by atoms with E-state index < -0.39 is 20.9 Å². The molecule has 1 amide bonds. The number of ether oxygens (including phenoxy) is 1. The Balaban J connectivity index is 1.44. The Morgan fingerprint density at radius 3 is 2.64 bits per heavy atom. The van der Waals surface area contributed by atoms with Crippen molar-refractivity contribution >= 4 is 44.9 Å². The maximum atomic E-state index is 13.3. The molecule has 2 aromatic heterocycles. The van der Waals surface area contributed by atoms with Gasteiger partial charge >= 0.3 is 5.69 Å². The minimum atomic E-state index is -3.89. The van der Waals surface area contributed by atoms with E-state index in [2.05, 4.69) is 20.3 Å². The smallest absolute Gasteiger partial charge is 0.311 e. The minimum Gasteiger partial charge on any atom is -0.496 e. The molecule has 0 saturated carbocycles. The number of nitrogens with two attached hydrogens (primary N) is 1. The number of nitrogens with zero attached hydrogens (tertiary/aromatic N) is 4. The zero-order chi connectivity index (χ0) is 32.6.